The van der Waals surface area contributed by atoms with E-state index in [1.54, 1.807) is 7.11 Å². The van der Waals surface area contributed by atoms with Gasteiger partial charge >= 0.3 is 0 Å². The molecule has 0 fully saturated rings. The molecule has 0 aliphatic heterocycles. The molecule has 0 saturated carbocycles. The fourth-order valence-electron chi connectivity index (χ4n) is 2.92. The molecular formula is C22H22Cl2N4O3S. The molecule has 3 rings (SSSR count). The van der Waals surface area contributed by atoms with Crippen molar-refractivity contribution in [3.8, 4) is 16.3 Å². The number of hydrogen-bond acceptors (Lipinski definition) is 6. The first kappa shape index (κ1) is 24.0. The van der Waals surface area contributed by atoms with Gasteiger partial charge in [0.1, 0.15) is 16.8 Å². The predicted molar refractivity (Wildman–Crippen MR) is 128 cm³/mol. The number of nitrogens with one attached hydrogen (secondary N) is 2. The Balaban J connectivity index is 1.73. The SMILES string of the molecule is CCC(C)C(NC(=O)c1cc(Cl)cc(Cl)c1)C(=O)Nc1nnc(-c2ccc(OC)cc2)s1. The minimum atomic E-state index is -0.779. The molecule has 2 amide bonds. The summed E-state index contributed by atoms with van der Waals surface area (Å²) < 4.78 is 5.16. The van der Waals surface area contributed by atoms with Crippen LogP contribution >= 0.6 is 34.5 Å². The van der Waals surface area contributed by atoms with E-state index in [0.29, 0.717) is 26.6 Å². The minimum absolute atomic E-state index is 0.123. The lowest BCUT2D eigenvalue weighted by molar-refractivity contribution is -0.119. The maximum Gasteiger partial charge on any atom is 0.252 e. The van der Waals surface area contributed by atoms with E-state index in [1.807, 2.05) is 38.1 Å². The molecule has 1 heterocycles. The normalized spacial score (nSPS) is 12.7. The van der Waals surface area contributed by atoms with E-state index < -0.39 is 11.9 Å². The molecule has 0 aliphatic carbocycles. The van der Waals surface area contributed by atoms with Gasteiger partial charge in [-0.1, -0.05) is 54.8 Å². The van der Waals surface area contributed by atoms with E-state index in [2.05, 4.69) is 20.8 Å². The Morgan fingerprint density at radius 3 is 2.34 bits per heavy atom. The van der Waals surface area contributed by atoms with Gasteiger partial charge in [0.2, 0.25) is 11.0 Å². The topological polar surface area (TPSA) is 93.2 Å². The highest BCUT2D eigenvalue weighted by molar-refractivity contribution is 7.18. The zero-order chi connectivity index (χ0) is 23.3. The van der Waals surface area contributed by atoms with Crippen LogP contribution in [0.2, 0.25) is 10.0 Å². The number of carbonyl (C=O) groups excluding carboxylic acids is 2. The van der Waals surface area contributed by atoms with Crippen molar-refractivity contribution >= 4 is 51.5 Å². The number of hydrogen-bond donors (Lipinski definition) is 2. The number of anilines is 1. The van der Waals surface area contributed by atoms with Crippen molar-refractivity contribution in [1.82, 2.24) is 15.5 Å². The van der Waals surface area contributed by atoms with Crippen molar-refractivity contribution in [2.24, 2.45) is 5.92 Å². The molecular weight excluding hydrogens is 471 g/mol. The monoisotopic (exact) mass is 492 g/mol. The van der Waals surface area contributed by atoms with Gasteiger partial charge in [0.15, 0.2) is 0 Å². The Morgan fingerprint density at radius 1 is 1.09 bits per heavy atom. The minimum Gasteiger partial charge on any atom is -0.497 e. The van der Waals surface area contributed by atoms with Crippen LogP contribution < -0.4 is 15.4 Å². The molecule has 0 saturated heterocycles. The summed E-state index contributed by atoms with van der Waals surface area (Å²) in [7, 11) is 1.60. The third-order valence-electron chi connectivity index (χ3n) is 4.90. The standard InChI is InChI=1S/C22H22Cl2N4O3S/c1-4-12(2)18(25-19(29)14-9-15(23)11-16(24)10-14)20(30)26-22-28-27-21(32-22)13-5-7-17(31-3)8-6-13/h5-12,18H,4H2,1-3H3,(H,25,29)(H,26,28,30). The van der Waals surface area contributed by atoms with Gasteiger partial charge in [-0.15, -0.1) is 10.2 Å². The first-order valence-corrected chi connectivity index (χ1v) is 11.4. The van der Waals surface area contributed by atoms with E-state index in [-0.39, 0.29) is 17.4 Å². The molecule has 32 heavy (non-hydrogen) atoms. The molecule has 0 bridgehead atoms. The summed E-state index contributed by atoms with van der Waals surface area (Å²) in [5, 5.41) is 15.4. The quantitative estimate of drug-likeness (QED) is 0.444. The Labute approximate surface area is 200 Å². The smallest absolute Gasteiger partial charge is 0.252 e. The van der Waals surface area contributed by atoms with Crippen LogP contribution in [0.3, 0.4) is 0 Å². The lowest BCUT2D eigenvalue weighted by Crippen LogP contribution is -2.47. The van der Waals surface area contributed by atoms with Gasteiger partial charge < -0.3 is 10.1 Å². The molecule has 2 atom stereocenters. The zero-order valence-electron chi connectivity index (χ0n) is 17.7. The van der Waals surface area contributed by atoms with Gasteiger partial charge in [-0.05, 0) is 48.4 Å². The van der Waals surface area contributed by atoms with Gasteiger partial charge in [-0.25, -0.2) is 0 Å². The van der Waals surface area contributed by atoms with Gasteiger partial charge in [-0.3, -0.25) is 14.9 Å². The lowest BCUT2D eigenvalue weighted by atomic mass is 9.98. The van der Waals surface area contributed by atoms with Crippen LogP contribution in [0, 0.1) is 5.92 Å². The third kappa shape index (κ3) is 5.97. The summed E-state index contributed by atoms with van der Waals surface area (Å²) >= 11 is 13.2. The maximum atomic E-state index is 13.0. The van der Waals surface area contributed by atoms with E-state index in [9.17, 15) is 9.59 Å². The highest BCUT2D eigenvalue weighted by Gasteiger charge is 2.27. The number of amides is 2. The van der Waals surface area contributed by atoms with Crippen LogP contribution in [0.15, 0.2) is 42.5 Å². The molecule has 7 nitrogen and oxygen atoms in total. The summed E-state index contributed by atoms with van der Waals surface area (Å²) in [6.07, 6.45) is 0.682. The van der Waals surface area contributed by atoms with Crippen LogP contribution in [0.5, 0.6) is 5.75 Å². The summed E-state index contributed by atoms with van der Waals surface area (Å²) in [6.45, 7) is 3.83. The molecule has 168 valence electrons. The number of benzene rings is 2. The number of nitrogens with zero attached hydrogens (tertiary/aromatic N) is 2. The van der Waals surface area contributed by atoms with Crippen molar-refractivity contribution in [2.45, 2.75) is 26.3 Å². The van der Waals surface area contributed by atoms with Gasteiger partial charge in [-0.2, -0.15) is 0 Å². The Bertz CT molecular complexity index is 1080. The molecule has 2 aromatic carbocycles. The van der Waals surface area contributed by atoms with Gasteiger partial charge in [0.05, 0.1) is 7.11 Å². The molecule has 0 radical (unpaired) electrons. The van der Waals surface area contributed by atoms with E-state index in [1.165, 1.54) is 29.5 Å². The third-order valence-corrected chi connectivity index (χ3v) is 6.22. The Morgan fingerprint density at radius 2 is 1.75 bits per heavy atom. The van der Waals surface area contributed by atoms with Crippen molar-refractivity contribution in [3.05, 3.63) is 58.1 Å². The highest BCUT2D eigenvalue weighted by atomic mass is 35.5. The molecule has 1 aromatic heterocycles. The van der Waals surface area contributed by atoms with Crippen molar-refractivity contribution in [1.29, 1.82) is 0 Å². The van der Waals surface area contributed by atoms with E-state index in [4.69, 9.17) is 27.9 Å². The molecule has 2 N–H and O–H groups in total. The van der Waals surface area contributed by atoms with Crippen LogP contribution in [-0.4, -0.2) is 35.2 Å². The predicted octanol–water partition coefficient (Wildman–Crippen LogP) is 5.30. The summed E-state index contributed by atoms with van der Waals surface area (Å²) in [4.78, 5) is 25.7. The summed E-state index contributed by atoms with van der Waals surface area (Å²) in [6, 6.07) is 11.1. The molecule has 0 aliphatic rings. The first-order valence-electron chi connectivity index (χ1n) is 9.86. The number of halogens is 2. The fourth-order valence-corrected chi connectivity index (χ4v) is 4.20. The van der Waals surface area contributed by atoms with Crippen molar-refractivity contribution in [3.63, 3.8) is 0 Å². The summed E-state index contributed by atoms with van der Waals surface area (Å²) in [5.41, 5.74) is 1.13. The number of carbonyl (C=O) groups is 2. The van der Waals surface area contributed by atoms with E-state index >= 15 is 0 Å². The Kier molecular flexibility index (Phi) is 8.06. The van der Waals surface area contributed by atoms with Crippen LogP contribution in [-0.2, 0) is 4.79 Å². The van der Waals surface area contributed by atoms with Crippen LogP contribution in [0.4, 0.5) is 5.13 Å². The Hall–Kier alpha value is -2.68. The van der Waals surface area contributed by atoms with Gasteiger partial charge in [0.25, 0.3) is 5.91 Å². The van der Waals surface area contributed by atoms with Gasteiger partial charge in [0, 0.05) is 21.2 Å². The highest BCUT2D eigenvalue weighted by Crippen LogP contribution is 2.28. The van der Waals surface area contributed by atoms with Crippen LogP contribution in [0.1, 0.15) is 30.6 Å². The molecule has 2 unspecified atom stereocenters. The summed E-state index contributed by atoms with van der Waals surface area (Å²) in [5.74, 6) is -0.202. The second-order valence-electron chi connectivity index (χ2n) is 7.12. The molecule has 3 aromatic rings. The average molecular weight is 493 g/mol. The lowest BCUT2D eigenvalue weighted by Gasteiger charge is -2.23. The zero-order valence-corrected chi connectivity index (χ0v) is 20.0. The fraction of sp³-hybridized carbons (Fsp3) is 0.273. The largest absolute Gasteiger partial charge is 0.497 e. The number of rotatable bonds is 8. The number of ether oxygens (including phenoxy) is 1. The second-order valence-corrected chi connectivity index (χ2v) is 8.98. The maximum absolute atomic E-state index is 13.0. The van der Waals surface area contributed by atoms with E-state index in [0.717, 1.165) is 11.3 Å². The molecule has 10 heteroatoms. The first-order chi connectivity index (χ1) is 15.3. The van der Waals surface area contributed by atoms with Crippen LogP contribution in [0.25, 0.3) is 10.6 Å². The number of aromatic nitrogens is 2. The van der Waals surface area contributed by atoms with Crippen molar-refractivity contribution < 1.29 is 14.3 Å². The van der Waals surface area contributed by atoms with Crippen molar-refractivity contribution in [2.75, 3.05) is 12.4 Å². The average Bonchev–Trinajstić information content (AvgIpc) is 3.24. The second kappa shape index (κ2) is 10.8. The molecule has 0 spiro atoms. The number of methoxy groups -OCH3 is 1.